The number of rotatable bonds is 6. The molecule has 0 atom stereocenters. The molecule has 0 heterocycles. The van der Waals surface area contributed by atoms with Crippen LogP contribution in [0.5, 0.6) is 0 Å². The van der Waals surface area contributed by atoms with E-state index in [1.165, 1.54) is 0 Å². The Bertz CT molecular complexity index is 301. The van der Waals surface area contributed by atoms with E-state index in [-0.39, 0.29) is 6.54 Å². The molecule has 0 unspecified atom stereocenters. The van der Waals surface area contributed by atoms with Gasteiger partial charge in [-0.05, 0) is 12.1 Å². The van der Waals surface area contributed by atoms with Crippen LogP contribution >= 0.6 is 0 Å². The first-order valence-corrected chi connectivity index (χ1v) is 5.41. The highest BCUT2D eigenvalue weighted by molar-refractivity contribution is 5.14. The van der Waals surface area contributed by atoms with Gasteiger partial charge in [0.1, 0.15) is 0 Å². The summed E-state index contributed by atoms with van der Waals surface area (Å²) in [6, 6.07) is 9.59. The zero-order chi connectivity index (χ0) is 12.0. The lowest BCUT2D eigenvalue weighted by Gasteiger charge is -2.25. The summed E-state index contributed by atoms with van der Waals surface area (Å²) in [4.78, 5) is 1.70. The standard InChI is InChI=1S/C12H18F2N2/c1-2-16(10-12(13,14)9-15)8-11-6-4-3-5-7-11/h3-7H,2,8-10,15H2,1H3. The number of halogens is 2. The molecule has 0 saturated heterocycles. The first kappa shape index (κ1) is 13.1. The minimum Gasteiger partial charge on any atom is -0.325 e. The van der Waals surface area contributed by atoms with Crippen LogP contribution in [0.3, 0.4) is 0 Å². The number of hydrogen-bond donors (Lipinski definition) is 1. The molecule has 0 amide bonds. The molecule has 90 valence electrons. The van der Waals surface area contributed by atoms with E-state index in [4.69, 9.17) is 5.73 Å². The van der Waals surface area contributed by atoms with Crippen molar-refractivity contribution in [3.8, 4) is 0 Å². The van der Waals surface area contributed by atoms with E-state index >= 15 is 0 Å². The summed E-state index contributed by atoms with van der Waals surface area (Å²) in [5.41, 5.74) is 6.07. The van der Waals surface area contributed by atoms with E-state index in [0.717, 1.165) is 5.56 Å². The van der Waals surface area contributed by atoms with E-state index in [9.17, 15) is 8.78 Å². The van der Waals surface area contributed by atoms with Crippen LogP contribution in [0.25, 0.3) is 0 Å². The van der Waals surface area contributed by atoms with E-state index in [0.29, 0.717) is 13.1 Å². The molecule has 2 N–H and O–H groups in total. The van der Waals surface area contributed by atoms with Crippen LogP contribution in [-0.2, 0) is 6.54 Å². The molecule has 2 nitrogen and oxygen atoms in total. The molecule has 0 saturated carbocycles. The van der Waals surface area contributed by atoms with Gasteiger partial charge in [-0.2, -0.15) is 0 Å². The largest absolute Gasteiger partial charge is 0.325 e. The molecule has 16 heavy (non-hydrogen) atoms. The number of nitrogens with zero attached hydrogens (tertiary/aromatic N) is 1. The van der Waals surface area contributed by atoms with Gasteiger partial charge in [0.25, 0.3) is 5.92 Å². The smallest absolute Gasteiger partial charge is 0.272 e. The van der Waals surface area contributed by atoms with E-state index in [1.54, 1.807) is 4.90 Å². The van der Waals surface area contributed by atoms with Crippen LogP contribution in [0.4, 0.5) is 8.78 Å². The molecule has 0 aromatic heterocycles. The Hall–Kier alpha value is -1.00. The fourth-order valence-electron chi connectivity index (χ4n) is 1.51. The lowest BCUT2D eigenvalue weighted by Crippen LogP contribution is -2.41. The third-order valence-corrected chi connectivity index (χ3v) is 2.45. The monoisotopic (exact) mass is 228 g/mol. The van der Waals surface area contributed by atoms with Crippen LogP contribution in [0.15, 0.2) is 30.3 Å². The minimum atomic E-state index is -2.80. The van der Waals surface area contributed by atoms with Gasteiger partial charge in [0.2, 0.25) is 0 Å². The first-order valence-electron chi connectivity index (χ1n) is 5.41. The number of nitrogens with two attached hydrogens (primary N) is 1. The van der Waals surface area contributed by atoms with Crippen LogP contribution in [0, 0.1) is 0 Å². The lowest BCUT2D eigenvalue weighted by atomic mass is 10.2. The molecule has 1 rings (SSSR count). The van der Waals surface area contributed by atoms with Crippen molar-refractivity contribution in [2.45, 2.75) is 19.4 Å². The second-order valence-electron chi connectivity index (χ2n) is 3.85. The van der Waals surface area contributed by atoms with Crippen molar-refractivity contribution in [2.24, 2.45) is 5.73 Å². The maximum Gasteiger partial charge on any atom is 0.272 e. The van der Waals surface area contributed by atoms with Gasteiger partial charge in [-0.25, -0.2) is 8.78 Å². The molecule has 0 aliphatic heterocycles. The van der Waals surface area contributed by atoms with Gasteiger partial charge < -0.3 is 5.73 Å². The summed E-state index contributed by atoms with van der Waals surface area (Å²) in [6.07, 6.45) is 0. The van der Waals surface area contributed by atoms with Gasteiger partial charge in [-0.15, -0.1) is 0 Å². The van der Waals surface area contributed by atoms with Crippen molar-refractivity contribution in [2.75, 3.05) is 19.6 Å². The van der Waals surface area contributed by atoms with Crippen LogP contribution < -0.4 is 5.73 Å². The van der Waals surface area contributed by atoms with Crippen LogP contribution in [0.1, 0.15) is 12.5 Å². The molecule has 0 spiro atoms. The van der Waals surface area contributed by atoms with Crippen molar-refractivity contribution in [1.82, 2.24) is 4.90 Å². The molecule has 0 bridgehead atoms. The van der Waals surface area contributed by atoms with Gasteiger partial charge in [0, 0.05) is 6.54 Å². The lowest BCUT2D eigenvalue weighted by molar-refractivity contribution is -0.0243. The summed E-state index contributed by atoms with van der Waals surface area (Å²) in [7, 11) is 0. The summed E-state index contributed by atoms with van der Waals surface area (Å²) in [6.45, 7) is 2.11. The minimum absolute atomic E-state index is 0.283. The van der Waals surface area contributed by atoms with Gasteiger partial charge in [-0.1, -0.05) is 37.3 Å². The highest BCUT2D eigenvalue weighted by atomic mass is 19.3. The van der Waals surface area contributed by atoms with Crippen molar-refractivity contribution in [1.29, 1.82) is 0 Å². The topological polar surface area (TPSA) is 29.3 Å². The SMILES string of the molecule is CCN(Cc1ccccc1)CC(F)(F)CN. The predicted molar refractivity (Wildman–Crippen MR) is 61.4 cm³/mol. The number of hydrogen-bond acceptors (Lipinski definition) is 2. The number of benzene rings is 1. The Morgan fingerprint density at radius 3 is 2.38 bits per heavy atom. The van der Waals surface area contributed by atoms with Gasteiger partial charge in [0.15, 0.2) is 0 Å². The molecule has 4 heteroatoms. The van der Waals surface area contributed by atoms with E-state index < -0.39 is 12.5 Å². The molecule has 0 radical (unpaired) electrons. The Balaban J connectivity index is 2.56. The molecular weight excluding hydrogens is 210 g/mol. The molecule has 0 fully saturated rings. The second kappa shape index (κ2) is 5.92. The Labute approximate surface area is 95.1 Å². The Morgan fingerprint density at radius 2 is 1.88 bits per heavy atom. The molecular formula is C12H18F2N2. The van der Waals surface area contributed by atoms with E-state index in [1.807, 2.05) is 37.3 Å². The molecule has 1 aromatic carbocycles. The summed E-state index contributed by atoms with van der Waals surface area (Å²) in [5, 5.41) is 0. The Morgan fingerprint density at radius 1 is 1.25 bits per heavy atom. The molecule has 0 aliphatic carbocycles. The van der Waals surface area contributed by atoms with Gasteiger partial charge in [-0.3, -0.25) is 4.90 Å². The first-order chi connectivity index (χ1) is 7.57. The van der Waals surface area contributed by atoms with Crippen LogP contribution in [0.2, 0.25) is 0 Å². The van der Waals surface area contributed by atoms with Crippen molar-refractivity contribution >= 4 is 0 Å². The third kappa shape index (κ3) is 4.24. The van der Waals surface area contributed by atoms with Crippen molar-refractivity contribution in [3.05, 3.63) is 35.9 Å². The zero-order valence-corrected chi connectivity index (χ0v) is 9.50. The Kier molecular flexibility index (Phi) is 4.83. The maximum absolute atomic E-state index is 13.1. The van der Waals surface area contributed by atoms with Crippen molar-refractivity contribution < 1.29 is 8.78 Å². The average Bonchev–Trinajstić information content (AvgIpc) is 2.29. The summed E-state index contributed by atoms with van der Waals surface area (Å²) < 4.78 is 26.3. The number of alkyl halides is 2. The highest BCUT2D eigenvalue weighted by Crippen LogP contribution is 2.15. The van der Waals surface area contributed by atoms with Crippen LogP contribution in [-0.4, -0.2) is 30.5 Å². The second-order valence-corrected chi connectivity index (χ2v) is 3.85. The van der Waals surface area contributed by atoms with Crippen molar-refractivity contribution in [3.63, 3.8) is 0 Å². The highest BCUT2D eigenvalue weighted by Gasteiger charge is 2.29. The van der Waals surface area contributed by atoms with E-state index in [2.05, 4.69) is 0 Å². The zero-order valence-electron chi connectivity index (χ0n) is 9.50. The third-order valence-electron chi connectivity index (χ3n) is 2.45. The summed E-state index contributed by atoms with van der Waals surface area (Å²) in [5.74, 6) is -2.80. The molecule has 1 aromatic rings. The van der Waals surface area contributed by atoms with Gasteiger partial charge in [0.05, 0.1) is 13.1 Å². The molecule has 0 aliphatic rings. The normalized spacial score (nSPS) is 12.1. The maximum atomic E-state index is 13.1. The fourth-order valence-corrected chi connectivity index (χ4v) is 1.51. The fraction of sp³-hybridized carbons (Fsp3) is 0.500. The average molecular weight is 228 g/mol. The van der Waals surface area contributed by atoms with Gasteiger partial charge >= 0.3 is 0 Å². The predicted octanol–water partition coefficient (Wildman–Crippen LogP) is 2.10. The quantitative estimate of drug-likeness (QED) is 0.808. The summed E-state index contributed by atoms with van der Waals surface area (Å²) >= 11 is 0.